The summed E-state index contributed by atoms with van der Waals surface area (Å²) in [6, 6.07) is 0. The molecular weight excluding hydrogens is 323 g/mol. The number of benzene rings is 1. The number of amides is 1. The van der Waals surface area contributed by atoms with Gasteiger partial charge in [0, 0.05) is 18.5 Å². The van der Waals surface area contributed by atoms with E-state index in [-0.39, 0.29) is 16.8 Å². The molecule has 1 heterocycles. The SMILES string of the molecule is COc1c(Cl)c(Cl)c2c(c1Cl)C(CCNC(C)=O)C[N-]2. The van der Waals surface area contributed by atoms with Crippen LogP contribution in [0.3, 0.4) is 0 Å². The van der Waals surface area contributed by atoms with Gasteiger partial charge in [-0.25, -0.2) is 0 Å². The number of ether oxygens (including phenoxy) is 1. The van der Waals surface area contributed by atoms with Gasteiger partial charge in [-0.05, 0) is 17.9 Å². The Balaban J connectivity index is 2.31. The van der Waals surface area contributed by atoms with Crippen LogP contribution < -0.4 is 10.1 Å². The number of carbonyl (C=O) groups excluding carboxylic acids is 1. The number of methoxy groups -OCH3 is 1. The van der Waals surface area contributed by atoms with Crippen molar-refractivity contribution in [1.82, 2.24) is 5.32 Å². The standard InChI is InChI=1S/C13H14Cl3N2O2/c1-6(19)17-4-3-7-5-18-12-8(7)9(14)13(20-2)11(16)10(12)15/h7H,3-5H2,1-2H3,(H,17,19)/q-1. The van der Waals surface area contributed by atoms with E-state index in [1.54, 1.807) is 0 Å². The summed E-state index contributed by atoms with van der Waals surface area (Å²) in [5, 5.41) is 8.27. The highest BCUT2D eigenvalue weighted by Gasteiger charge is 2.25. The maximum Gasteiger partial charge on any atom is 0.216 e. The summed E-state index contributed by atoms with van der Waals surface area (Å²) in [5.41, 5.74) is 1.48. The molecule has 1 unspecified atom stereocenters. The molecule has 1 atom stereocenters. The third kappa shape index (κ3) is 2.78. The van der Waals surface area contributed by atoms with Crippen LogP contribution in [0, 0.1) is 0 Å². The fraction of sp³-hybridized carbons (Fsp3) is 0.462. The van der Waals surface area contributed by atoms with Crippen molar-refractivity contribution in [2.45, 2.75) is 19.3 Å². The van der Waals surface area contributed by atoms with Gasteiger partial charge < -0.3 is 15.4 Å². The first-order valence-electron chi connectivity index (χ1n) is 6.13. The van der Waals surface area contributed by atoms with E-state index in [2.05, 4.69) is 10.6 Å². The van der Waals surface area contributed by atoms with E-state index in [0.29, 0.717) is 34.6 Å². The monoisotopic (exact) mass is 335 g/mol. The van der Waals surface area contributed by atoms with Crippen LogP contribution in [0.1, 0.15) is 24.8 Å². The number of nitrogens with one attached hydrogen (secondary N) is 1. The van der Waals surface area contributed by atoms with Crippen LogP contribution in [-0.2, 0) is 4.79 Å². The number of nitrogens with zero attached hydrogens (tertiary/aromatic N) is 1. The Kier molecular flexibility index (Phi) is 4.89. The predicted octanol–water partition coefficient (Wildman–Crippen LogP) is 4.28. The molecule has 0 bridgehead atoms. The van der Waals surface area contributed by atoms with Crippen molar-refractivity contribution in [3.05, 3.63) is 25.9 Å². The molecule has 1 amide bonds. The van der Waals surface area contributed by atoms with Crippen LogP contribution in [0.2, 0.25) is 15.1 Å². The molecular formula is C13H14Cl3N2O2-. The second-order valence-corrected chi connectivity index (χ2v) is 5.68. The summed E-state index contributed by atoms with van der Waals surface area (Å²) in [6.45, 7) is 2.63. The van der Waals surface area contributed by atoms with Crippen molar-refractivity contribution >= 4 is 46.4 Å². The Bertz CT molecular complexity index is 549. The van der Waals surface area contributed by atoms with Gasteiger partial charge in [0.2, 0.25) is 5.91 Å². The Morgan fingerprint density at radius 3 is 2.65 bits per heavy atom. The smallest absolute Gasteiger partial charge is 0.216 e. The van der Waals surface area contributed by atoms with Crippen molar-refractivity contribution in [2.75, 3.05) is 20.2 Å². The van der Waals surface area contributed by atoms with Gasteiger partial charge in [0.1, 0.15) is 5.02 Å². The van der Waals surface area contributed by atoms with Crippen LogP contribution in [0.25, 0.3) is 5.32 Å². The van der Waals surface area contributed by atoms with Crippen molar-refractivity contribution in [3.8, 4) is 5.75 Å². The number of fused-ring (bicyclic) bond motifs is 1. The van der Waals surface area contributed by atoms with Gasteiger partial charge in [-0.1, -0.05) is 34.8 Å². The summed E-state index contributed by atoms with van der Waals surface area (Å²) in [4.78, 5) is 10.9. The molecule has 1 aliphatic rings. The highest BCUT2D eigenvalue weighted by atomic mass is 35.5. The molecule has 20 heavy (non-hydrogen) atoms. The molecule has 0 aromatic heterocycles. The van der Waals surface area contributed by atoms with E-state index < -0.39 is 0 Å². The van der Waals surface area contributed by atoms with E-state index in [4.69, 9.17) is 39.5 Å². The van der Waals surface area contributed by atoms with Crippen LogP contribution in [0.15, 0.2) is 0 Å². The lowest BCUT2D eigenvalue weighted by molar-refractivity contribution is -0.118. The van der Waals surface area contributed by atoms with Gasteiger partial charge >= 0.3 is 0 Å². The first kappa shape index (κ1) is 15.5. The summed E-state index contributed by atoms with van der Waals surface area (Å²) < 4.78 is 5.21. The van der Waals surface area contributed by atoms with Gasteiger partial charge in [0.15, 0.2) is 5.75 Å². The van der Waals surface area contributed by atoms with Crippen molar-refractivity contribution in [1.29, 1.82) is 0 Å². The fourth-order valence-electron chi connectivity index (χ4n) is 2.30. The van der Waals surface area contributed by atoms with Gasteiger partial charge in [-0.2, -0.15) is 0 Å². The molecule has 1 N–H and O–H groups in total. The molecule has 7 heteroatoms. The summed E-state index contributed by atoms with van der Waals surface area (Å²) >= 11 is 18.7. The second kappa shape index (κ2) is 6.29. The van der Waals surface area contributed by atoms with Crippen molar-refractivity contribution < 1.29 is 9.53 Å². The van der Waals surface area contributed by atoms with E-state index in [1.807, 2.05) is 0 Å². The van der Waals surface area contributed by atoms with Crippen LogP contribution in [0.4, 0.5) is 5.69 Å². The van der Waals surface area contributed by atoms with Gasteiger partial charge in [-0.3, -0.25) is 4.79 Å². The molecule has 0 spiro atoms. The minimum atomic E-state index is -0.0574. The van der Waals surface area contributed by atoms with Gasteiger partial charge in [-0.15, -0.1) is 12.2 Å². The molecule has 0 saturated carbocycles. The Labute approximate surface area is 132 Å². The topological polar surface area (TPSA) is 52.4 Å². The lowest BCUT2D eigenvalue weighted by Crippen LogP contribution is -2.22. The summed E-state index contributed by atoms with van der Waals surface area (Å²) in [5.74, 6) is 0.421. The lowest BCUT2D eigenvalue weighted by atomic mass is 9.97. The predicted molar refractivity (Wildman–Crippen MR) is 82.0 cm³/mol. The first-order valence-corrected chi connectivity index (χ1v) is 7.27. The molecule has 1 aromatic carbocycles. The van der Waals surface area contributed by atoms with E-state index in [9.17, 15) is 4.79 Å². The van der Waals surface area contributed by atoms with Gasteiger partial charge in [0.25, 0.3) is 0 Å². The van der Waals surface area contributed by atoms with Crippen LogP contribution >= 0.6 is 34.8 Å². The summed E-state index contributed by atoms with van der Waals surface area (Å²) in [7, 11) is 1.49. The zero-order valence-electron chi connectivity index (χ0n) is 11.1. The average Bonchev–Trinajstić information content (AvgIpc) is 2.81. The van der Waals surface area contributed by atoms with Crippen LogP contribution in [-0.4, -0.2) is 26.1 Å². The van der Waals surface area contributed by atoms with E-state index in [0.717, 1.165) is 12.0 Å². The Hall–Kier alpha value is -0.840. The van der Waals surface area contributed by atoms with E-state index >= 15 is 0 Å². The molecule has 0 radical (unpaired) electrons. The zero-order chi connectivity index (χ0) is 14.9. The Morgan fingerprint density at radius 2 is 2.05 bits per heavy atom. The molecule has 0 aliphatic carbocycles. The third-order valence-corrected chi connectivity index (χ3v) is 4.44. The maximum absolute atomic E-state index is 10.9. The third-order valence-electron chi connectivity index (χ3n) is 3.24. The minimum Gasteiger partial charge on any atom is -0.682 e. The molecule has 1 aromatic rings. The fourth-order valence-corrected chi connectivity index (χ4v) is 3.27. The molecule has 110 valence electrons. The number of hydrogen-bond donors (Lipinski definition) is 1. The number of hydrogen-bond acceptors (Lipinski definition) is 2. The largest absolute Gasteiger partial charge is 0.682 e. The normalized spacial score (nSPS) is 16.6. The summed E-state index contributed by atoms with van der Waals surface area (Å²) in [6.07, 6.45) is 0.733. The minimum absolute atomic E-state index is 0.0574. The highest BCUT2D eigenvalue weighted by molar-refractivity contribution is 6.47. The Morgan fingerprint density at radius 1 is 1.35 bits per heavy atom. The quantitative estimate of drug-likeness (QED) is 0.834. The lowest BCUT2D eigenvalue weighted by Gasteiger charge is -2.20. The number of rotatable bonds is 4. The zero-order valence-corrected chi connectivity index (χ0v) is 13.4. The van der Waals surface area contributed by atoms with Crippen LogP contribution in [0.5, 0.6) is 5.75 Å². The molecule has 2 rings (SSSR count). The maximum atomic E-state index is 10.9. The number of halogens is 3. The molecule has 0 saturated heterocycles. The number of carbonyl (C=O) groups is 1. The van der Waals surface area contributed by atoms with E-state index in [1.165, 1.54) is 14.0 Å². The molecule has 1 aliphatic heterocycles. The van der Waals surface area contributed by atoms with Crippen molar-refractivity contribution in [2.24, 2.45) is 0 Å². The molecule has 4 nitrogen and oxygen atoms in total. The first-order chi connectivity index (χ1) is 9.47. The van der Waals surface area contributed by atoms with Crippen molar-refractivity contribution in [3.63, 3.8) is 0 Å². The molecule has 0 fully saturated rings. The second-order valence-electron chi connectivity index (χ2n) is 4.55. The van der Waals surface area contributed by atoms with Gasteiger partial charge in [0.05, 0.1) is 12.1 Å². The average molecular weight is 337 g/mol. The highest BCUT2D eigenvalue weighted by Crippen LogP contribution is 2.55.